The summed E-state index contributed by atoms with van der Waals surface area (Å²) in [5.74, 6) is 0.0856. The molecule has 1 heterocycles. The molecule has 0 saturated heterocycles. The zero-order chi connectivity index (χ0) is 14.9. The van der Waals surface area contributed by atoms with Crippen molar-refractivity contribution in [2.75, 3.05) is 6.54 Å². The van der Waals surface area contributed by atoms with Gasteiger partial charge in [0.2, 0.25) is 0 Å². The van der Waals surface area contributed by atoms with Crippen molar-refractivity contribution in [2.24, 2.45) is 5.92 Å². The second kappa shape index (κ2) is 5.58. The highest BCUT2D eigenvalue weighted by atomic mass is 32.1. The zero-order valence-corrected chi connectivity index (χ0v) is 12.7. The molecule has 0 radical (unpaired) electrons. The summed E-state index contributed by atoms with van der Waals surface area (Å²) < 4.78 is 0. The van der Waals surface area contributed by atoms with Crippen molar-refractivity contribution in [3.05, 3.63) is 41.4 Å². The van der Waals surface area contributed by atoms with E-state index in [2.05, 4.69) is 10.3 Å². The quantitative estimate of drug-likeness (QED) is 0.892. The van der Waals surface area contributed by atoms with Gasteiger partial charge in [-0.15, -0.1) is 11.3 Å². The maximum absolute atomic E-state index is 12.1. The van der Waals surface area contributed by atoms with Crippen LogP contribution in [0.15, 0.2) is 35.7 Å². The second-order valence-corrected chi connectivity index (χ2v) is 6.58. The van der Waals surface area contributed by atoms with E-state index in [-0.39, 0.29) is 12.5 Å². The highest BCUT2D eigenvalue weighted by Gasteiger charge is 2.40. The molecule has 1 aromatic heterocycles. The van der Waals surface area contributed by atoms with Gasteiger partial charge in [-0.2, -0.15) is 0 Å². The number of amides is 1. The van der Waals surface area contributed by atoms with Gasteiger partial charge in [0.25, 0.3) is 5.91 Å². The summed E-state index contributed by atoms with van der Waals surface area (Å²) in [5.41, 5.74) is 0.602. The minimum atomic E-state index is -0.812. The first-order valence-electron chi connectivity index (χ1n) is 7.08. The van der Waals surface area contributed by atoms with E-state index in [4.69, 9.17) is 0 Å². The Morgan fingerprint density at radius 1 is 1.43 bits per heavy atom. The Balaban J connectivity index is 1.64. The summed E-state index contributed by atoms with van der Waals surface area (Å²) in [6.07, 6.45) is 2.08. The average Bonchev–Trinajstić information content (AvgIpc) is 3.24. The van der Waals surface area contributed by atoms with Crippen molar-refractivity contribution in [3.63, 3.8) is 0 Å². The van der Waals surface area contributed by atoms with E-state index in [1.54, 1.807) is 12.3 Å². The summed E-state index contributed by atoms with van der Waals surface area (Å²) in [7, 11) is 0. The van der Waals surface area contributed by atoms with Gasteiger partial charge in [-0.1, -0.05) is 30.3 Å². The maximum atomic E-state index is 12.1. The molecule has 0 unspecified atom stereocenters. The molecule has 21 heavy (non-hydrogen) atoms. The van der Waals surface area contributed by atoms with E-state index in [0.29, 0.717) is 11.6 Å². The molecule has 1 saturated carbocycles. The van der Waals surface area contributed by atoms with Crippen LogP contribution >= 0.6 is 11.3 Å². The van der Waals surface area contributed by atoms with Crippen LogP contribution < -0.4 is 5.32 Å². The van der Waals surface area contributed by atoms with Crippen LogP contribution in [0.5, 0.6) is 0 Å². The van der Waals surface area contributed by atoms with Crippen LogP contribution in [0.2, 0.25) is 0 Å². The van der Waals surface area contributed by atoms with Gasteiger partial charge >= 0.3 is 0 Å². The summed E-state index contributed by atoms with van der Waals surface area (Å²) in [4.78, 5) is 16.5. The fraction of sp³-hybridized carbons (Fsp3) is 0.375. The number of nitrogens with zero attached hydrogens (tertiary/aromatic N) is 1. The van der Waals surface area contributed by atoms with Crippen LogP contribution in [-0.2, 0) is 0 Å². The smallest absolute Gasteiger partial charge is 0.270 e. The molecule has 2 aromatic rings. The SMILES string of the molecule is C[C@](O)(CNC(=O)c1csc(-c2ccccc2)n1)C1CC1. The number of carbonyl (C=O) groups excluding carboxylic acids is 1. The molecule has 5 heteroatoms. The Morgan fingerprint density at radius 2 is 2.14 bits per heavy atom. The number of carbonyl (C=O) groups is 1. The van der Waals surface area contributed by atoms with Gasteiger partial charge in [0.05, 0.1) is 5.60 Å². The summed E-state index contributed by atoms with van der Waals surface area (Å²) in [6.45, 7) is 2.05. The lowest BCUT2D eigenvalue weighted by molar-refractivity contribution is 0.0353. The molecule has 1 aliphatic rings. The van der Waals surface area contributed by atoms with Crippen LogP contribution in [0.4, 0.5) is 0 Å². The lowest BCUT2D eigenvalue weighted by Gasteiger charge is -2.22. The van der Waals surface area contributed by atoms with E-state index in [9.17, 15) is 9.90 Å². The minimum Gasteiger partial charge on any atom is -0.388 e. The number of rotatable bonds is 5. The van der Waals surface area contributed by atoms with Gasteiger partial charge in [0.1, 0.15) is 10.7 Å². The lowest BCUT2D eigenvalue weighted by atomic mass is 10.0. The number of benzene rings is 1. The molecule has 1 atom stereocenters. The zero-order valence-electron chi connectivity index (χ0n) is 11.9. The van der Waals surface area contributed by atoms with Gasteiger partial charge < -0.3 is 10.4 Å². The summed E-state index contributed by atoms with van der Waals surface area (Å²) >= 11 is 1.45. The number of aromatic nitrogens is 1. The Labute approximate surface area is 127 Å². The predicted octanol–water partition coefficient (Wildman–Crippen LogP) is 2.70. The summed E-state index contributed by atoms with van der Waals surface area (Å²) in [6, 6.07) is 9.79. The van der Waals surface area contributed by atoms with Crippen molar-refractivity contribution in [3.8, 4) is 10.6 Å². The number of nitrogens with one attached hydrogen (secondary N) is 1. The molecule has 1 aromatic carbocycles. The van der Waals surface area contributed by atoms with E-state index >= 15 is 0 Å². The molecular weight excluding hydrogens is 284 g/mol. The van der Waals surface area contributed by atoms with Gasteiger partial charge in [-0.05, 0) is 25.7 Å². The number of thiazole rings is 1. The van der Waals surface area contributed by atoms with Crippen molar-refractivity contribution in [1.29, 1.82) is 0 Å². The van der Waals surface area contributed by atoms with E-state index in [1.165, 1.54) is 11.3 Å². The standard InChI is InChI=1S/C16H18N2O2S/c1-16(20,12-7-8-12)10-17-14(19)13-9-21-15(18-13)11-5-3-2-4-6-11/h2-6,9,12,20H,7-8,10H2,1H3,(H,17,19)/t16-/m0/s1. The van der Waals surface area contributed by atoms with E-state index in [0.717, 1.165) is 23.4 Å². The topological polar surface area (TPSA) is 62.2 Å². The van der Waals surface area contributed by atoms with E-state index < -0.39 is 5.60 Å². The van der Waals surface area contributed by atoms with Crippen molar-refractivity contribution >= 4 is 17.2 Å². The number of aliphatic hydroxyl groups is 1. The monoisotopic (exact) mass is 302 g/mol. The highest BCUT2D eigenvalue weighted by molar-refractivity contribution is 7.13. The predicted molar refractivity (Wildman–Crippen MR) is 83.2 cm³/mol. The average molecular weight is 302 g/mol. The Bertz CT molecular complexity index is 633. The van der Waals surface area contributed by atoms with Crippen molar-refractivity contribution in [1.82, 2.24) is 10.3 Å². The van der Waals surface area contributed by atoms with Crippen molar-refractivity contribution < 1.29 is 9.90 Å². The highest BCUT2D eigenvalue weighted by Crippen LogP contribution is 2.39. The third-order valence-electron chi connectivity index (χ3n) is 3.82. The molecule has 2 N–H and O–H groups in total. The molecule has 0 aliphatic heterocycles. The minimum absolute atomic E-state index is 0.227. The molecule has 0 bridgehead atoms. The third-order valence-corrected chi connectivity index (χ3v) is 4.71. The maximum Gasteiger partial charge on any atom is 0.270 e. The van der Waals surface area contributed by atoms with Gasteiger partial charge in [-0.25, -0.2) is 4.98 Å². The fourth-order valence-corrected chi connectivity index (χ4v) is 3.10. The number of hydrogen-bond acceptors (Lipinski definition) is 4. The number of hydrogen-bond donors (Lipinski definition) is 2. The van der Waals surface area contributed by atoms with Gasteiger partial charge in [0.15, 0.2) is 0 Å². The van der Waals surface area contributed by atoms with Gasteiger partial charge in [-0.3, -0.25) is 4.79 Å². The van der Waals surface area contributed by atoms with Crippen LogP contribution in [0.25, 0.3) is 10.6 Å². The van der Waals surface area contributed by atoms with Crippen LogP contribution in [0.1, 0.15) is 30.3 Å². The fourth-order valence-electron chi connectivity index (χ4n) is 2.29. The van der Waals surface area contributed by atoms with Crippen LogP contribution in [0.3, 0.4) is 0 Å². The first-order chi connectivity index (χ1) is 10.1. The third kappa shape index (κ3) is 3.31. The molecule has 1 fully saturated rings. The van der Waals surface area contributed by atoms with Crippen LogP contribution in [0, 0.1) is 5.92 Å². The molecule has 3 rings (SSSR count). The summed E-state index contributed by atoms with van der Waals surface area (Å²) in [5, 5.41) is 15.6. The Kier molecular flexibility index (Phi) is 3.78. The van der Waals surface area contributed by atoms with Gasteiger partial charge in [0, 0.05) is 17.5 Å². The lowest BCUT2D eigenvalue weighted by Crippen LogP contribution is -2.42. The van der Waals surface area contributed by atoms with Crippen molar-refractivity contribution in [2.45, 2.75) is 25.4 Å². The molecular formula is C16H18N2O2S. The molecule has 0 spiro atoms. The first-order valence-corrected chi connectivity index (χ1v) is 7.96. The second-order valence-electron chi connectivity index (χ2n) is 5.72. The molecule has 110 valence electrons. The van der Waals surface area contributed by atoms with E-state index in [1.807, 2.05) is 30.3 Å². The largest absolute Gasteiger partial charge is 0.388 e. The normalized spacial score (nSPS) is 17.2. The Morgan fingerprint density at radius 3 is 2.81 bits per heavy atom. The molecule has 4 nitrogen and oxygen atoms in total. The molecule has 1 aliphatic carbocycles. The first kappa shape index (κ1) is 14.2. The Hall–Kier alpha value is -1.72. The molecule has 1 amide bonds. The van der Waals surface area contributed by atoms with Crippen LogP contribution in [-0.4, -0.2) is 28.1 Å².